The average molecular weight is 332 g/mol. The Labute approximate surface area is 133 Å². The molecular formula is C13H15Cl2N3O3. The van der Waals surface area contributed by atoms with Gasteiger partial charge in [-0.15, -0.1) is 12.4 Å². The van der Waals surface area contributed by atoms with Crippen molar-refractivity contribution in [3.63, 3.8) is 0 Å². The number of ether oxygens (including phenoxy) is 2. The molecule has 2 aromatic rings. The summed E-state index contributed by atoms with van der Waals surface area (Å²) in [6.45, 7) is 1.35. The second kappa shape index (κ2) is 6.51. The third kappa shape index (κ3) is 3.07. The maximum Gasteiger partial charge on any atom is 0.261 e. The van der Waals surface area contributed by atoms with E-state index in [4.69, 9.17) is 31.3 Å². The van der Waals surface area contributed by atoms with E-state index in [-0.39, 0.29) is 18.3 Å². The number of nitrogens with two attached hydrogens (primary N) is 1. The molecule has 1 aromatic heterocycles. The number of methoxy groups -OCH3 is 1. The minimum atomic E-state index is 0. The molecule has 8 heteroatoms. The van der Waals surface area contributed by atoms with Crippen LogP contribution in [0.1, 0.15) is 18.2 Å². The van der Waals surface area contributed by atoms with E-state index in [9.17, 15) is 0 Å². The molecule has 1 aliphatic rings. The van der Waals surface area contributed by atoms with E-state index in [1.54, 1.807) is 19.2 Å². The summed E-state index contributed by atoms with van der Waals surface area (Å²) in [6, 6.07) is 3.30. The van der Waals surface area contributed by atoms with Crippen LogP contribution < -0.4 is 10.5 Å². The summed E-state index contributed by atoms with van der Waals surface area (Å²) in [5.74, 6) is 1.74. The molecule has 2 N–H and O–H groups in total. The van der Waals surface area contributed by atoms with Crippen LogP contribution in [0.15, 0.2) is 16.7 Å². The number of anilines is 1. The fourth-order valence-corrected chi connectivity index (χ4v) is 2.32. The van der Waals surface area contributed by atoms with E-state index < -0.39 is 0 Å². The van der Waals surface area contributed by atoms with E-state index in [1.807, 2.05) is 0 Å². The highest BCUT2D eigenvalue weighted by molar-refractivity contribution is 6.33. The van der Waals surface area contributed by atoms with Crippen molar-refractivity contribution in [3.8, 4) is 17.2 Å². The largest absolute Gasteiger partial charge is 0.496 e. The maximum absolute atomic E-state index is 6.04. The predicted molar refractivity (Wildman–Crippen MR) is 81.1 cm³/mol. The summed E-state index contributed by atoms with van der Waals surface area (Å²) in [5, 5.41) is 4.43. The third-order valence-corrected chi connectivity index (χ3v) is 3.61. The van der Waals surface area contributed by atoms with Crippen molar-refractivity contribution in [2.75, 3.05) is 26.1 Å². The number of hydrogen-bond acceptors (Lipinski definition) is 6. The number of nitrogens with zero attached hydrogens (tertiary/aromatic N) is 2. The molecule has 21 heavy (non-hydrogen) atoms. The Morgan fingerprint density at radius 1 is 1.43 bits per heavy atom. The fraction of sp³-hybridized carbons (Fsp3) is 0.385. The third-order valence-electron chi connectivity index (χ3n) is 3.29. The van der Waals surface area contributed by atoms with Gasteiger partial charge >= 0.3 is 0 Å². The molecule has 3 rings (SSSR count). The summed E-state index contributed by atoms with van der Waals surface area (Å²) in [4.78, 5) is 4.40. The Balaban J connectivity index is 0.00000161. The summed E-state index contributed by atoms with van der Waals surface area (Å²) >= 11 is 6.04. The Morgan fingerprint density at radius 2 is 2.24 bits per heavy atom. The molecule has 1 atom stereocenters. The fourth-order valence-electron chi connectivity index (χ4n) is 2.15. The monoisotopic (exact) mass is 331 g/mol. The van der Waals surface area contributed by atoms with Crippen LogP contribution in [0.25, 0.3) is 11.5 Å². The van der Waals surface area contributed by atoms with E-state index in [1.165, 1.54) is 0 Å². The van der Waals surface area contributed by atoms with E-state index in [0.717, 1.165) is 13.0 Å². The number of halogens is 2. The Bertz CT molecular complexity index is 627. The predicted octanol–water partition coefficient (Wildman–Crippen LogP) is 2.91. The van der Waals surface area contributed by atoms with Gasteiger partial charge in [-0.3, -0.25) is 0 Å². The Hall–Kier alpha value is -1.50. The molecule has 0 spiro atoms. The van der Waals surface area contributed by atoms with Crippen molar-refractivity contribution in [1.29, 1.82) is 0 Å². The van der Waals surface area contributed by atoms with Gasteiger partial charge in [0, 0.05) is 18.6 Å². The summed E-state index contributed by atoms with van der Waals surface area (Å²) in [7, 11) is 1.55. The zero-order chi connectivity index (χ0) is 14.1. The lowest BCUT2D eigenvalue weighted by Gasteiger charge is -2.07. The molecule has 1 fully saturated rings. The first-order chi connectivity index (χ1) is 9.69. The van der Waals surface area contributed by atoms with Crippen molar-refractivity contribution in [2.45, 2.75) is 12.3 Å². The number of hydrogen-bond donors (Lipinski definition) is 1. The van der Waals surface area contributed by atoms with Gasteiger partial charge in [-0.25, -0.2) is 0 Å². The molecule has 0 radical (unpaired) electrons. The zero-order valence-electron chi connectivity index (χ0n) is 11.3. The molecule has 1 aromatic carbocycles. The second-order valence-electron chi connectivity index (χ2n) is 4.59. The maximum atomic E-state index is 6.04. The number of rotatable bonds is 3. The molecule has 0 bridgehead atoms. The highest BCUT2D eigenvalue weighted by Crippen LogP contribution is 2.36. The molecule has 0 aliphatic carbocycles. The van der Waals surface area contributed by atoms with Crippen LogP contribution in [0.2, 0.25) is 5.02 Å². The first kappa shape index (κ1) is 15.9. The normalized spacial score (nSPS) is 17.5. The Kier molecular flexibility index (Phi) is 4.92. The SMILES string of the molecule is COc1cc(N)c(Cl)cc1-c1nc(C2CCOC2)no1.Cl. The van der Waals surface area contributed by atoms with Crippen LogP contribution in [-0.2, 0) is 4.74 Å². The van der Waals surface area contributed by atoms with Gasteiger partial charge in [0.15, 0.2) is 5.82 Å². The van der Waals surface area contributed by atoms with Crippen molar-refractivity contribution in [1.82, 2.24) is 10.1 Å². The molecular weight excluding hydrogens is 317 g/mol. The zero-order valence-corrected chi connectivity index (χ0v) is 12.9. The molecule has 2 heterocycles. The van der Waals surface area contributed by atoms with Crippen LogP contribution in [-0.4, -0.2) is 30.5 Å². The van der Waals surface area contributed by atoms with E-state index in [0.29, 0.717) is 40.3 Å². The average Bonchev–Trinajstić information content (AvgIpc) is 3.10. The van der Waals surface area contributed by atoms with E-state index >= 15 is 0 Å². The lowest BCUT2D eigenvalue weighted by Crippen LogP contribution is -1.99. The topological polar surface area (TPSA) is 83.4 Å². The second-order valence-corrected chi connectivity index (χ2v) is 5.00. The summed E-state index contributed by atoms with van der Waals surface area (Å²) < 4.78 is 15.9. The molecule has 1 unspecified atom stereocenters. The standard InChI is InChI=1S/C13H14ClN3O3.ClH/c1-18-11-5-10(15)9(14)4-8(11)13-16-12(17-20-13)7-2-3-19-6-7;/h4-5,7H,2-3,6,15H2,1H3;1H. The van der Waals surface area contributed by atoms with Crippen LogP contribution in [0.3, 0.4) is 0 Å². The smallest absolute Gasteiger partial charge is 0.261 e. The van der Waals surface area contributed by atoms with Crippen LogP contribution in [0.4, 0.5) is 5.69 Å². The molecule has 1 aliphatic heterocycles. The van der Waals surface area contributed by atoms with Gasteiger partial charge < -0.3 is 19.7 Å². The van der Waals surface area contributed by atoms with Gasteiger partial charge in [0.25, 0.3) is 5.89 Å². The van der Waals surface area contributed by atoms with Crippen molar-refractivity contribution < 1.29 is 14.0 Å². The molecule has 0 amide bonds. The van der Waals surface area contributed by atoms with Crippen LogP contribution >= 0.6 is 24.0 Å². The van der Waals surface area contributed by atoms with Crippen molar-refractivity contribution in [3.05, 3.63) is 23.0 Å². The first-order valence-corrected chi connectivity index (χ1v) is 6.61. The number of nitrogen functional groups attached to an aromatic ring is 1. The van der Waals surface area contributed by atoms with Gasteiger partial charge in [-0.05, 0) is 12.5 Å². The van der Waals surface area contributed by atoms with Crippen molar-refractivity contribution in [2.24, 2.45) is 0 Å². The summed E-state index contributed by atoms with van der Waals surface area (Å²) in [5.41, 5.74) is 6.82. The lowest BCUT2D eigenvalue weighted by atomic mass is 10.1. The minimum Gasteiger partial charge on any atom is -0.496 e. The molecule has 0 saturated carbocycles. The van der Waals surface area contributed by atoms with E-state index in [2.05, 4.69) is 10.1 Å². The van der Waals surface area contributed by atoms with Gasteiger partial charge in [0.1, 0.15) is 5.75 Å². The molecule has 114 valence electrons. The highest BCUT2D eigenvalue weighted by atomic mass is 35.5. The van der Waals surface area contributed by atoms with Crippen LogP contribution in [0.5, 0.6) is 5.75 Å². The number of benzene rings is 1. The molecule has 6 nitrogen and oxygen atoms in total. The van der Waals surface area contributed by atoms with Gasteiger partial charge in [0.2, 0.25) is 0 Å². The summed E-state index contributed by atoms with van der Waals surface area (Å²) in [6.07, 6.45) is 0.901. The van der Waals surface area contributed by atoms with Crippen LogP contribution in [0, 0.1) is 0 Å². The van der Waals surface area contributed by atoms with Gasteiger partial charge in [-0.2, -0.15) is 4.98 Å². The van der Waals surface area contributed by atoms with Gasteiger partial charge in [-0.1, -0.05) is 16.8 Å². The van der Waals surface area contributed by atoms with Crippen molar-refractivity contribution >= 4 is 29.7 Å². The van der Waals surface area contributed by atoms with Gasteiger partial charge in [0.05, 0.1) is 30.0 Å². The first-order valence-electron chi connectivity index (χ1n) is 6.23. The minimum absolute atomic E-state index is 0. The lowest BCUT2D eigenvalue weighted by molar-refractivity contribution is 0.192. The number of aromatic nitrogens is 2. The Morgan fingerprint density at radius 3 is 2.90 bits per heavy atom. The molecule has 1 saturated heterocycles. The quantitative estimate of drug-likeness (QED) is 0.870. The highest BCUT2D eigenvalue weighted by Gasteiger charge is 2.24.